The van der Waals surface area contributed by atoms with E-state index in [2.05, 4.69) is 9.97 Å². The zero-order chi connectivity index (χ0) is 12.4. The molecule has 0 saturated carbocycles. The maximum absolute atomic E-state index is 11.3. The molecule has 0 atom stereocenters. The first kappa shape index (κ1) is 11.2. The molecule has 5 nitrogen and oxygen atoms in total. The maximum atomic E-state index is 11.3. The number of aryl methyl sites for hydroxylation is 1. The van der Waals surface area contributed by atoms with E-state index < -0.39 is 11.2 Å². The van der Waals surface area contributed by atoms with Crippen molar-refractivity contribution < 1.29 is 4.74 Å². The first-order valence-electron chi connectivity index (χ1n) is 5.09. The molecule has 2 aromatic rings. The number of H-pyrrole nitrogens is 2. The molecule has 0 bridgehead atoms. The van der Waals surface area contributed by atoms with Crippen molar-refractivity contribution in [3.05, 3.63) is 50.7 Å². The molecular formula is C12H12N2O3. The summed E-state index contributed by atoms with van der Waals surface area (Å²) in [5, 5.41) is 0. The Bertz CT molecular complexity index is 627. The van der Waals surface area contributed by atoms with Gasteiger partial charge in [-0.15, -0.1) is 0 Å². The molecule has 0 aliphatic rings. The monoisotopic (exact) mass is 232 g/mol. The largest absolute Gasteiger partial charge is 0.496 e. The molecule has 2 N–H and O–H groups in total. The Balaban J connectivity index is 2.70. The summed E-state index contributed by atoms with van der Waals surface area (Å²) in [5.41, 5.74) is 1.18. The van der Waals surface area contributed by atoms with Gasteiger partial charge in [0.25, 0.3) is 5.56 Å². The standard InChI is InChI=1S/C12H12N2O3/c1-7-3-4-10(17-2)8(5-7)9-6-11(15)14-12(16)13-9/h3-6H,1-2H3,(H2,13,14,15,16). The quantitative estimate of drug-likeness (QED) is 0.812. The second kappa shape index (κ2) is 4.29. The average Bonchev–Trinajstić information content (AvgIpc) is 2.27. The molecule has 0 aliphatic carbocycles. The summed E-state index contributed by atoms with van der Waals surface area (Å²) < 4.78 is 5.20. The van der Waals surface area contributed by atoms with Gasteiger partial charge in [-0.1, -0.05) is 11.6 Å². The number of aromatic nitrogens is 2. The molecule has 0 saturated heterocycles. The van der Waals surface area contributed by atoms with Crippen LogP contribution in [0.4, 0.5) is 0 Å². The van der Waals surface area contributed by atoms with Crippen molar-refractivity contribution >= 4 is 0 Å². The Morgan fingerprint density at radius 1 is 1.12 bits per heavy atom. The smallest absolute Gasteiger partial charge is 0.326 e. The first-order valence-corrected chi connectivity index (χ1v) is 5.09. The molecule has 2 rings (SSSR count). The number of rotatable bonds is 2. The van der Waals surface area contributed by atoms with E-state index in [0.717, 1.165) is 5.56 Å². The molecule has 1 aromatic carbocycles. The third kappa shape index (κ3) is 2.28. The third-order valence-electron chi connectivity index (χ3n) is 2.41. The Kier molecular flexibility index (Phi) is 2.82. The number of ether oxygens (including phenoxy) is 1. The molecular weight excluding hydrogens is 220 g/mol. The third-order valence-corrected chi connectivity index (χ3v) is 2.41. The number of nitrogens with one attached hydrogen (secondary N) is 2. The van der Waals surface area contributed by atoms with Crippen molar-refractivity contribution in [2.24, 2.45) is 0 Å². The molecule has 88 valence electrons. The molecule has 17 heavy (non-hydrogen) atoms. The Morgan fingerprint density at radius 2 is 1.88 bits per heavy atom. The lowest BCUT2D eigenvalue weighted by atomic mass is 10.1. The zero-order valence-corrected chi connectivity index (χ0v) is 9.53. The van der Waals surface area contributed by atoms with Gasteiger partial charge in [0.15, 0.2) is 0 Å². The Labute approximate surface area is 97.1 Å². The van der Waals surface area contributed by atoms with Gasteiger partial charge in [0, 0.05) is 11.6 Å². The molecule has 0 unspecified atom stereocenters. The summed E-state index contributed by atoms with van der Waals surface area (Å²) in [4.78, 5) is 27.2. The highest BCUT2D eigenvalue weighted by Crippen LogP contribution is 2.27. The summed E-state index contributed by atoms with van der Waals surface area (Å²) in [5.74, 6) is 0.608. The number of hydrogen-bond donors (Lipinski definition) is 2. The highest BCUT2D eigenvalue weighted by Gasteiger charge is 2.07. The van der Waals surface area contributed by atoms with E-state index in [9.17, 15) is 9.59 Å². The molecule has 0 amide bonds. The normalized spacial score (nSPS) is 10.2. The van der Waals surface area contributed by atoms with Crippen LogP contribution in [-0.4, -0.2) is 17.1 Å². The van der Waals surface area contributed by atoms with Gasteiger partial charge >= 0.3 is 5.69 Å². The van der Waals surface area contributed by atoms with Crippen LogP contribution in [0.5, 0.6) is 5.75 Å². The molecule has 0 aliphatic heterocycles. The number of benzene rings is 1. The summed E-state index contributed by atoms with van der Waals surface area (Å²) in [6.07, 6.45) is 0. The van der Waals surface area contributed by atoms with Crippen LogP contribution in [0.2, 0.25) is 0 Å². The predicted molar refractivity (Wildman–Crippen MR) is 64.4 cm³/mol. The second-order valence-corrected chi connectivity index (χ2v) is 3.71. The first-order chi connectivity index (χ1) is 8.10. The highest BCUT2D eigenvalue weighted by molar-refractivity contribution is 5.67. The second-order valence-electron chi connectivity index (χ2n) is 3.71. The van der Waals surface area contributed by atoms with Crippen LogP contribution >= 0.6 is 0 Å². The van der Waals surface area contributed by atoms with Crippen LogP contribution in [0.25, 0.3) is 11.3 Å². The van der Waals surface area contributed by atoms with E-state index in [0.29, 0.717) is 17.0 Å². The van der Waals surface area contributed by atoms with Crippen LogP contribution < -0.4 is 16.0 Å². The van der Waals surface area contributed by atoms with Crippen molar-refractivity contribution in [3.8, 4) is 17.0 Å². The molecule has 0 fully saturated rings. The summed E-state index contributed by atoms with van der Waals surface area (Å²) in [6.45, 7) is 1.92. The lowest BCUT2D eigenvalue weighted by Gasteiger charge is -2.08. The van der Waals surface area contributed by atoms with Gasteiger partial charge in [0.1, 0.15) is 5.75 Å². The van der Waals surface area contributed by atoms with E-state index in [-0.39, 0.29) is 0 Å². The van der Waals surface area contributed by atoms with Gasteiger partial charge in [-0.25, -0.2) is 4.79 Å². The highest BCUT2D eigenvalue weighted by atomic mass is 16.5. The minimum absolute atomic E-state index is 0.438. The van der Waals surface area contributed by atoms with Crippen molar-refractivity contribution in [3.63, 3.8) is 0 Å². The van der Waals surface area contributed by atoms with E-state index >= 15 is 0 Å². The fraction of sp³-hybridized carbons (Fsp3) is 0.167. The van der Waals surface area contributed by atoms with Gasteiger partial charge in [-0.2, -0.15) is 0 Å². The minimum atomic E-state index is -0.531. The van der Waals surface area contributed by atoms with Gasteiger partial charge in [0.05, 0.1) is 12.8 Å². The molecule has 1 aromatic heterocycles. The molecule has 5 heteroatoms. The maximum Gasteiger partial charge on any atom is 0.326 e. The Hall–Kier alpha value is -2.30. The van der Waals surface area contributed by atoms with Crippen LogP contribution in [0.3, 0.4) is 0 Å². The fourth-order valence-corrected chi connectivity index (χ4v) is 1.65. The Morgan fingerprint density at radius 3 is 2.53 bits per heavy atom. The van der Waals surface area contributed by atoms with Crippen LogP contribution in [0, 0.1) is 6.92 Å². The number of hydrogen-bond acceptors (Lipinski definition) is 3. The topological polar surface area (TPSA) is 75.0 Å². The summed E-state index contributed by atoms with van der Waals surface area (Å²) in [7, 11) is 1.54. The van der Waals surface area contributed by atoms with Crippen molar-refractivity contribution in [1.29, 1.82) is 0 Å². The van der Waals surface area contributed by atoms with E-state index in [1.165, 1.54) is 6.07 Å². The van der Waals surface area contributed by atoms with E-state index in [4.69, 9.17) is 4.74 Å². The number of methoxy groups -OCH3 is 1. The van der Waals surface area contributed by atoms with Crippen LogP contribution in [-0.2, 0) is 0 Å². The van der Waals surface area contributed by atoms with Gasteiger partial charge in [-0.3, -0.25) is 9.78 Å². The van der Waals surface area contributed by atoms with Crippen molar-refractivity contribution in [2.75, 3.05) is 7.11 Å². The average molecular weight is 232 g/mol. The lowest BCUT2D eigenvalue weighted by molar-refractivity contribution is 0.416. The fourth-order valence-electron chi connectivity index (χ4n) is 1.65. The van der Waals surface area contributed by atoms with Crippen LogP contribution in [0.15, 0.2) is 33.9 Å². The lowest BCUT2D eigenvalue weighted by Crippen LogP contribution is -2.21. The molecule has 0 spiro atoms. The summed E-state index contributed by atoms with van der Waals surface area (Å²) >= 11 is 0. The zero-order valence-electron chi connectivity index (χ0n) is 9.53. The summed E-state index contributed by atoms with van der Waals surface area (Å²) in [6, 6.07) is 6.88. The predicted octanol–water partition coefficient (Wildman–Crippen LogP) is 1.05. The number of aromatic amines is 2. The van der Waals surface area contributed by atoms with Crippen molar-refractivity contribution in [2.45, 2.75) is 6.92 Å². The van der Waals surface area contributed by atoms with E-state index in [1.807, 2.05) is 19.1 Å². The SMILES string of the molecule is COc1ccc(C)cc1-c1cc(=O)[nH]c(=O)[nH]1. The van der Waals surface area contributed by atoms with E-state index in [1.54, 1.807) is 13.2 Å². The van der Waals surface area contributed by atoms with Gasteiger partial charge < -0.3 is 9.72 Å². The molecule has 1 heterocycles. The van der Waals surface area contributed by atoms with Crippen molar-refractivity contribution in [1.82, 2.24) is 9.97 Å². The van der Waals surface area contributed by atoms with Crippen LogP contribution in [0.1, 0.15) is 5.56 Å². The van der Waals surface area contributed by atoms with Gasteiger partial charge in [-0.05, 0) is 19.1 Å². The molecule has 0 radical (unpaired) electrons. The minimum Gasteiger partial charge on any atom is -0.496 e. The van der Waals surface area contributed by atoms with Gasteiger partial charge in [0.2, 0.25) is 0 Å².